The minimum Gasteiger partial charge on any atom is -0.351 e. The number of sulfonamides is 1. The first-order valence-corrected chi connectivity index (χ1v) is 11.9. The van der Waals surface area contributed by atoms with Crippen molar-refractivity contribution in [2.45, 2.75) is 37.0 Å². The van der Waals surface area contributed by atoms with E-state index in [-0.39, 0.29) is 10.8 Å². The predicted molar refractivity (Wildman–Crippen MR) is 118 cm³/mol. The van der Waals surface area contributed by atoms with Crippen LogP contribution in [0.5, 0.6) is 0 Å². The van der Waals surface area contributed by atoms with Gasteiger partial charge in [-0.1, -0.05) is 43.2 Å². The Labute approximate surface area is 177 Å². The van der Waals surface area contributed by atoms with Crippen LogP contribution >= 0.6 is 0 Å². The molecule has 6 nitrogen and oxygen atoms in total. The fourth-order valence-corrected chi connectivity index (χ4v) is 5.44. The van der Waals surface area contributed by atoms with E-state index in [4.69, 9.17) is 0 Å². The number of H-pyrrole nitrogens is 1. The highest BCUT2D eigenvalue weighted by atomic mass is 32.2. The van der Waals surface area contributed by atoms with Gasteiger partial charge in [-0.05, 0) is 49.1 Å². The molecule has 1 amide bonds. The van der Waals surface area contributed by atoms with Crippen molar-refractivity contribution < 1.29 is 13.2 Å². The first-order valence-electron chi connectivity index (χ1n) is 10.5. The zero-order chi connectivity index (χ0) is 21.0. The van der Waals surface area contributed by atoms with Gasteiger partial charge in [-0.2, -0.15) is 4.31 Å². The minimum absolute atomic E-state index is 0.195. The van der Waals surface area contributed by atoms with Crippen LogP contribution < -0.4 is 5.32 Å². The largest absolute Gasteiger partial charge is 0.351 e. The molecule has 1 aliphatic heterocycles. The number of nitrogens with zero attached hydrogens (tertiary/aromatic N) is 1. The summed E-state index contributed by atoms with van der Waals surface area (Å²) in [6, 6.07) is 16.7. The van der Waals surface area contributed by atoms with Crippen LogP contribution in [0.4, 0.5) is 0 Å². The van der Waals surface area contributed by atoms with Crippen molar-refractivity contribution in [1.82, 2.24) is 14.6 Å². The second-order valence-electron chi connectivity index (χ2n) is 7.74. The number of rotatable bonds is 6. The van der Waals surface area contributed by atoms with Gasteiger partial charge in [0, 0.05) is 30.5 Å². The number of carbonyl (C=O) groups is 1. The molecular weight excluding hydrogens is 398 g/mol. The smallest absolute Gasteiger partial charge is 0.267 e. The van der Waals surface area contributed by atoms with Gasteiger partial charge in [-0.25, -0.2) is 8.42 Å². The molecule has 0 atom stereocenters. The van der Waals surface area contributed by atoms with Gasteiger partial charge in [0.1, 0.15) is 5.69 Å². The maximum atomic E-state index is 13.0. The second-order valence-corrected chi connectivity index (χ2v) is 9.68. The maximum absolute atomic E-state index is 13.0. The molecule has 1 saturated heterocycles. The predicted octanol–water partition coefficient (Wildman–Crippen LogP) is 3.71. The highest BCUT2D eigenvalue weighted by molar-refractivity contribution is 7.89. The highest BCUT2D eigenvalue weighted by Gasteiger charge is 2.25. The lowest BCUT2D eigenvalue weighted by molar-refractivity contribution is 0.0950. The third kappa shape index (κ3) is 4.57. The highest BCUT2D eigenvalue weighted by Crippen LogP contribution is 2.24. The van der Waals surface area contributed by atoms with E-state index < -0.39 is 10.0 Å². The lowest BCUT2D eigenvalue weighted by atomic mass is 10.1. The van der Waals surface area contributed by atoms with Gasteiger partial charge in [0.15, 0.2) is 0 Å². The van der Waals surface area contributed by atoms with E-state index in [1.54, 1.807) is 28.6 Å². The molecule has 0 spiro atoms. The molecule has 3 aromatic rings. The Balaban J connectivity index is 1.47. The summed E-state index contributed by atoms with van der Waals surface area (Å²) in [5.41, 5.74) is 2.35. The Bertz CT molecular complexity index is 1120. The molecule has 2 N–H and O–H groups in total. The van der Waals surface area contributed by atoms with Gasteiger partial charge in [-0.15, -0.1) is 0 Å². The first kappa shape index (κ1) is 20.6. The third-order valence-electron chi connectivity index (χ3n) is 5.58. The molecule has 1 aliphatic rings. The average Bonchev–Trinajstić information content (AvgIpc) is 2.98. The summed E-state index contributed by atoms with van der Waals surface area (Å²) < 4.78 is 27.7. The van der Waals surface area contributed by atoms with E-state index in [0.29, 0.717) is 25.3 Å². The van der Waals surface area contributed by atoms with Crippen molar-refractivity contribution in [3.8, 4) is 0 Å². The quantitative estimate of drug-likeness (QED) is 0.632. The standard InChI is InChI=1S/C23H27N3O3S/c27-23(24-13-12-18-8-4-3-5-9-18)22-17-19-16-20(10-11-21(19)25-22)30(28,29)26-14-6-1-2-7-15-26/h3-5,8-11,16-17,25H,1-2,6-7,12-15H2,(H,24,27). The second kappa shape index (κ2) is 9.02. The maximum Gasteiger partial charge on any atom is 0.267 e. The van der Waals surface area contributed by atoms with Crippen LogP contribution in [0.25, 0.3) is 10.9 Å². The van der Waals surface area contributed by atoms with Gasteiger partial charge in [0.25, 0.3) is 5.91 Å². The van der Waals surface area contributed by atoms with Crippen LogP contribution in [-0.2, 0) is 16.4 Å². The zero-order valence-corrected chi connectivity index (χ0v) is 17.7. The normalized spacial score (nSPS) is 15.7. The summed E-state index contributed by atoms with van der Waals surface area (Å²) in [4.78, 5) is 15.9. The topological polar surface area (TPSA) is 82.3 Å². The minimum atomic E-state index is -3.51. The molecule has 1 aromatic heterocycles. The molecule has 4 rings (SSSR count). The lowest BCUT2D eigenvalue weighted by Crippen LogP contribution is -2.31. The van der Waals surface area contributed by atoms with Gasteiger partial charge in [-0.3, -0.25) is 4.79 Å². The number of aromatic nitrogens is 1. The summed E-state index contributed by atoms with van der Waals surface area (Å²) >= 11 is 0. The van der Waals surface area contributed by atoms with Crippen molar-refractivity contribution in [2.75, 3.05) is 19.6 Å². The van der Waals surface area contributed by atoms with Gasteiger partial charge in [0.05, 0.1) is 4.90 Å². The number of hydrogen-bond donors (Lipinski definition) is 2. The van der Waals surface area contributed by atoms with E-state index in [1.165, 1.54) is 0 Å². The molecule has 0 bridgehead atoms. The van der Waals surface area contributed by atoms with Crippen LogP contribution in [0.1, 0.15) is 41.7 Å². The van der Waals surface area contributed by atoms with E-state index in [2.05, 4.69) is 10.3 Å². The van der Waals surface area contributed by atoms with Crippen LogP contribution in [0, 0.1) is 0 Å². The van der Waals surface area contributed by atoms with E-state index >= 15 is 0 Å². The molecule has 158 valence electrons. The van der Waals surface area contributed by atoms with Crippen molar-refractivity contribution in [3.63, 3.8) is 0 Å². The molecular formula is C23H27N3O3S. The van der Waals surface area contributed by atoms with E-state index in [9.17, 15) is 13.2 Å². The number of aromatic amines is 1. The summed E-state index contributed by atoms with van der Waals surface area (Å²) in [7, 11) is -3.51. The van der Waals surface area contributed by atoms with Crippen LogP contribution in [0.15, 0.2) is 59.5 Å². The van der Waals surface area contributed by atoms with Gasteiger partial charge >= 0.3 is 0 Å². The van der Waals surface area contributed by atoms with Crippen molar-refractivity contribution in [2.24, 2.45) is 0 Å². The molecule has 2 heterocycles. The number of hydrogen-bond acceptors (Lipinski definition) is 3. The molecule has 0 unspecified atom stereocenters. The Morgan fingerprint density at radius 1 is 0.967 bits per heavy atom. The Morgan fingerprint density at radius 2 is 1.70 bits per heavy atom. The zero-order valence-electron chi connectivity index (χ0n) is 16.9. The Morgan fingerprint density at radius 3 is 2.43 bits per heavy atom. The third-order valence-corrected chi connectivity index (χ3v) is 7.48. The molecule has 0 saturated carbocycles. The number of amides is 1. The summed E-state index contributed by atoms with van der Waals surface area (Å²) in [5, 5.41) is 3.64. The van der Waals surface area contributed by atoms with Gasteiger partial charge in [0.2, 0.25) is 10.0 Å². The molecule has 30 heavy (non-hydrogen) atoms. The van der Waals surface area contributed by atoms with Crippen LogP contribution in [0.3, 0.4) is 0 Å². The first-order chi connectivity index (χ1) is 14.5. The monoisotopic (exact) mass is 425 g/mol. The van der Waals surface area contributed by atoms with Crippen LogP contribution in [-0.4, -0.2) is 43.2 Å². The van der Waals surface area contributed by atoms with E-state index in [0.717, 1.165) is 48.6 Å². The molecule has 0 aliphatic carbocycles. The molecule has 0 radical (unpaired) electrons. The SMILES string of the molecule is O=C(NCCc1ccccc1)c1cc2cc(S(=O)(=O)N3CCCCCC3)ccc2[nH]1. The number of nitrogens with one attached hydrogen (secondary N) is 2. The average molecular weight is 426 g/mol. The van der Waals surface area contributed by atoms with Crippen molar-refractivity contribution >= 4 is 26.8 Å². The van der Waals surface area contributed by atoms with Gasteiger partial charge < -0.3 is 10.3 Å². The fraction of sp³-hybridized carbons (Fsp3) is 0.348. The van der Waals surface area contributed by atoms with E-state index in [1.807, 2.05) is 30.3 Å². The molecule has 1 fully saturated rings. The summed E-state index contributed by atoms with van der Waals surface area (Å²) in [6.45, 7) is 1.68. The Kier molecular flexibility index (Phi) is 6.20. The van der Waals surface area contributed by atoms with Crippen LogP contribution in [0.2, 0.25) is 0 Å². The molecule has 2 aromatic carbocycles. The molecule has 7 heteroatoms. The van der Waals surface area contributed by atoms with Crippen molar-refractivity contribution in [3.05, 3.63) is 65.9 Å². The number of fused-ring (bicyclic) bond motifs is 1. The number of benzene rings is 2. The van der Waals surface area contributed by atoms with Crippen molar-refractivity contribution in [1.29, 1.82) is 0 Å². The summed E-state index contributed by atoms with van der Waals surface area (Å²) in [5.74, 6) is -0.195. The lowest BCUT2D eigenvalue weighted by Gasteiger charge is -2.19. The summed E-state index contributed by atoms with van der Waals surface area (Å²) in [6.07, 6.45) is 4.71. The fourth-order valence-electron chi connectivity index (χ4n) is 3.88. The number of carbonyl (C=O) groups excluding carboxylic acids is 1. The Hall–Kier alpha value is -2.64.